The molecular formula is C24H26FN7O4. The van der Waals surface area contributed by atoms with E-state index in [0.29, 0.717) is 23.2 Å². The number of carbonyl (C=O) groups is 2. The fraction of sp³-hybridized carbons (Fsp3) is 0.375. The van der Waals surface area contributed by atoms with Crippen LogP contribution in [0.3, 0.4) is 0 Å². The summed E-state index contributed by atoms with van der Waals surface area (Å²) in [4.78, 5) is 38.5. The zero-order valence-electron chi connectivity index (χ0n) is 19.9. The molecule has 0 saturated heterocycles. The number of benzene rings is 1. The van der Waals surface area contributed by atoms with Gasteiger partial charge in [-0.15, -0.1) is 0 Å². The van der Waals surface area contributed by atoms with Gasteiger partial charge in [0, 0.05) is 24.2 Å². The lowest BCUT2D eigenvalue weighted by Crippen LogP contribution is -2.25. The molecule has 5 rings (SSSR count). The Labute approximate surface area is 206 Å². The number of amides is 2. The molecule has 188 valence electrons. The molecule has 12 heteroatoms. The van der Waals surface area contributed by atoms with Crippen molar-refractivity contribution in [3.8, 4) is 17.1 Å². The first-order valence-electron chi connectivity index (χ1n) is 11.8. The third kappa shape index (κ3) is 5.13. The van der Waals surface area contributed by atoms with Gasteiger partial charge in [-0.25, -0.2) is 24.5 Å². The predicted octanol–water partition coefficient (Wildman–Crippen LogP) is 3.60. The van der Waals surface area contributed by atoms with Gasteiger partial charge in [-0.2, -0.15) is 5.10 Å². The number of hydroxylamine groups is 1. The molecule has 2 fully saturated rings. The fourth-order valence-electron chi connectivity index (χ4n) is 3.71. The molecule has 2 aliphatic carbocycles. The summed E-state index contributed by atoms with van der Waals surface area (Å²) in [6.45, 7) is 1.99. The van der Waals surface area contributed by atoms with Crippen molar-refractivity contribution in [2.45, 2.75) is 38.6 Å². The highest BCUT2D eigenvalue weighted by Crippen LogP contribution is 2.40. The Morgan fingerprint density at radius 1 is 1.14 bits per heavy atom. The van der Waals surface area contributed by atoms with Gasteiger partial charge in [0.1, 0.15) is 18.0 Å². The molecule has 0 radical (unpaired) electrons. The SMILES string of the molecule is CCONC(=O)c1cnc(NC(=O)C2CC2)cc1Nc1cc(F)cc(-c2ncn(C3CC3)n2)c1OC. The first kappa shape index (κ1) is 23.7. The molecule has 2 aliphatic rings. The lowest BCUT2D eigenvalue weighted by molar-refractivity contribution is -0.117. The second kappa shape index (κ2) is 9.90. The minimum atomic E-state index is -0.563. The average Bonchev–Trinajstić information content (AvgIpc) is 3.80. The van der Waals surface area contributed by atoms with Crippen molar-refractivity contribution in [2.75, 3.05) is 24.4 Å². The zero-order chi connectivity index (χ0) is 25.2. The zero-order valence-corrected chi connectivity index (χ0v) is 19.9. The largest absolute Gasteiger partial charge is 0.494 e. The maximum absolute atomic E-state index is 14.8. The highest BCUT2D eigenvalue weighted by atomic mass is 19.1. The van der Waals surface area contributed by atoms with Crippen LogP contribution in [0.5, 0.6) is 5.75 Å². The Morgan fingerprint density at radius 3 is 2.64 bits per heavy atom. The molecule has 2 saturated carbocycles. The lowest BCUT2D eigenvalue weighted by Gasteiger charge is -2.17. The molecule has 11 nitrogen and oxygen atoms in total. The van der Waals surface area contributed by atoms with Crippen molar-refractivity contribution in [2.24, 2.45) is 5.92 Å². The molecule has 2 heterocycles. The Hall–Kier alpha value is -4.06. The normalized spacial score (nSPS) is 14.9. The van der Waals surface area contributed by atoms with Gasteiger partial charge in [-0.05, 0) is 38.7 Å². The molecule has 0 bridgehead atoms. The first-order valence-corrected chi connectivity index (χ1v) is 11.8. The van der Waals surface area contributed by atoms with E-state index in [-0.39, 0.29) is 41.2 Å². The van der Waals surface area contributed by atoms with E-state index >= 15 is 0 Å². The molecule has 0 spiro atoms. The van der Waals surface area contributed by atoms with Crippen LogP contribution in [0.25, 0.3) is 11.4 Å². The van der Waals surface area contributed by atoms with Crippen LogP contribution >= 0.6 is 0 Å². The van der Waals surface area contributed by atoms with Crippen LogP contribution in [-0.2, 0) is 9.63 Å². The summed E-state index contributed by atoms with van der Waals surface area (Å²) in [5, 5.41) is 10.3. The number of carbonyl (C=O) groups excluding carboxylic acids is 2. The van der Waals surface area contributed by atoms with Gasteiger partial charge in [0.05, 0.1) is 42.3 Å². The van der Waals surface area contributed by atoms with Crippen LogP contribution in [0.1, 0.15) is 49.0 Å². The van der Waals surface area contributed by atoms with Crippen LogP contribution in [0.2, 0.25) is 0 Å². The standard InChI is InChI=1S/C24H26FN7O4/c1-3-36-31-24(34)17-11-26-20(29-23(33)13-4-5-13)10-18(17)28-19-9-14(25)8-16(21(19)35-2)22-27-12-32(30-22)15-6-7-15/h8-13,15H,3-7H2,1-2H3,(H,31,34)(H2,26,28,29,33). The Morgan fingerprint density at radius 2 is 1.94 bits per heavy atom. The molecule has 0 unspecified atom stereocenters. The Balaban J connectivity index is 1.51. The van der Waals surface area contributed by atoms with Gasteiger partial charge in [-0.3, -0.25) is 14.4 Å². The summed E-state index contributed by atoms with van der Waals surface area (Å²) in [6.07, 6.45) is 6.66. The molecular weight excluding hydrogens is 469 g/mol. The molecule has 0 atom stereocenters. The Bertz CT molecular complexity index is 1300. The van der Waals surface area contributed by atoms with E-state index in [9.17, 15) is 14.0 Å². The molecule has 3 aromatic rings. The first-order chi connectivity index (χ1) is 17.5. The van der Waals surface area contributed by atoms with Crippen molar-refractivity contribution in [3.05, 3.63) is 42.1 Å². The van der Waals surface area contributed by atoms with Gasteiger partial charge >= 0.3 is 0 Å². The number of aromatic nitrogens is 4. The molecule has 2 aromatic heterocycles. The number of anilines is 3. The number of hydrogen-bond acceptors (Lipinski definition) is 8. The highest BCUT2D eigenvalue weighted by Gasteiger charge is 2.30. The van der Waals surface area contributed by atoms with Gasteiger partial charge < -0.3 is 15.4 Å². The van der Waals surface area contributed by atoms with Crippen molar-refractivity contribution < 1.29 is 23.6 Å². The van der Waals surface area contributed by atoms with Crippen LogP contribution < -0.4 is 20.9 Å². The lowest BCUT2D eigenvalue weighted by atomic mass is 10.1. The molecule has 36 heavy (non-hydrogen) atoms. The predicted molar refractivity (Wildman–Crippen MR) is 128 cm³/mol. The Kier molecular flexibility index (Phi) is 6.51. The second-order valence-electron chi connectivity index (χ2n) is 8.68. The van der Waals surface area contributed by atoms with Crippen molar-refractivity contribution in [1.29, 1.82) is 0 Å². The third-order valence-electron chi connectivity index (χ3n) is 5.85. The van der Waals surface area contributed by atoms with E-state index < -0.39 is 11.7 Å². The topological polar surface area (TPSA) is 132 Å². The molecule has 3 N–H and O–H groups in total. The van der Waals surface area contributed by atoms with Gasteiger partial charge in [0.15, 0.2) is 11.6 Å². The van der Waals surface area contributed by atoms with Crippen LogP contribution in [-0.4, -0.2) is 45.3 Å². The number of rotatable bonds is 10. The number of hydrogen-bond donors (Lipinski definition) is 3. The second-order valence-corrected chi connectivity index (χ2v) is 8.68. The summed E-state index contributed by atoms with van der Waals surface area (Å²) >= 11 is 0. The van der Waals surface area contributed by atoms with Crippen molar-refractivity contribution >= 4 is 29.0 Å². The summed E-state index contributed by atoms with van der Waals surface area (Å²) in [5.74, 6) is -0.409. The van der Waals surface area contributed by atoms with E-state index in [1.54, 1.807) is 17.9 Å². The average molecular weight is 496 g/mol. The maximum Gasteiger partial charge on any atom is 0.278 e. The minimum Gasteiger partial charge on any atom is -0.494 e. The highest BCUT2D eigenvalue weighted by molar-refractivity contribution is 6.01. The van der Waals surface area contributed by atoms with Gasteiger partial charge in [0.25, 0.3) is 5.91 Å². The minimum absolute atomic E-state index is 0.0297. The monoisotopic (exact) mass is 495 g/mol. The summed E-state index contributed by atoms with van der Waals surface area (Å²) < 4.78 is 22.1. The summed E-state index contributed by atoms with van der Waals surface area (Å²) in [7, 11) is 1.45. The van der Waals surface area contributed by atoms with Crippen molar-refractivity contribution in [1.82, 2.24) is 25.2 Å². The molecule has 1 aromatic carbocycles. The number of ether oxygens (including phenoxy) is 1. The number of nitrogens with one attached hydrogen (secondary N) is 3. The van der Waals surface area contributed by atoms with E-state index in [1.165, 1.54) is 31.5 Å². The van der Waals surface area contributed by atoms with Gasteiger partial charge in [0.2, 0.25) is 5.91 Å². The number of nitrogens with zero attached hydrogens (tertiary/aromatic N) is 4. The summed E-state index contributed by atoms with van der Waals surface area (Å²) in [6, 6.07) is 4.36. The van der Waals surface area contributed by atoms with Crippen molar-refractivity contribution in [3.63, 3.8) is 0 Å². The van der Waals surface area contributed by atoms with Crippen LogP contribution in [0.15, 0.2) is 30.7 Å². The van der Waals surface area contributed by atoms with Crippen LogP contribution in [0.4, 0.5) is 21.6 Å². The molecule has 2 amide bonds. The van der Waals surface area contributed by atoms with E-state index in [2.05, 4.69) is 31.2 Å². The third-order valence-corrected chi connectivity index (χ3v) is 5.85. The quantitative estimate of drug-likeness (QED) is 0.364. The van der Waals surface area contributed by atoms with E-state index in [1.807, 2.05) is 0 Å². The maximum atomic E-state index is 14.8. The van der Waals surface area contributed by atoms with E-state index in [4.69, 9.17) is 9.57 Å². The summed E-state index contributed by atoms with van der Waals surface area (Å²) in [5.41, 5.74) is 3.31. The smallest absolute Gasteiger partial charge is 0.278 e. The van der Waals surface area contributed by atoms with Gasteiger partial charge in [-0.1, -0.05) is 0 Å². The number of methoxy groups -OCH3 is 1. The fourth-order valence-corrected chi connectivity index (χ4v) is 3.71. The number of pyridine rings is 1. The number of halogens is 1. The van der Waals surface area contributed by atoms with E-state index in [0.717, 1.165) is 25.7 Å². The van der Waals surface area contributed by atoms with Crippen LogP contribution in [0, 0.1) is 11.7 Å². The molecule has 0 aliphatic heterocycles.